The van der Waals surface area contributed by atoms with E-state index in [0.717, 1.165) is 12.8 Å². The molecule has 5 aliphatic carbocycles. The molecule has 3 atom stereocenters. The molecule has 0 heteroatoms. The molecule has 0 aliphatic heterocycles. The SMILES string of the molecule is C=CC=C(C=CC)C1CCC2(CCC(C(=C)C3=CC4=C(C=CC3)CCCC4CCC3=CC(C)C=C(CC)C=C3C)C2)CC1. The lowest BCUT2D eigenvalue weighted by Crippen LogP contribution is -2.26. The summed E-state index contributed by atoms with van der Waals surface area (Å²) in [6.45, 7) is 17.9. The second-order valence-electron chi connectivity index (χ2n) is 14.5. The van der Waals surface area contributed by atoms with E-state index in [1.807, 2.05) is 6.08 Å². The molecule has 0 aromatic carbocycles. The molecule has 0 N–H and O–H groups in total. The third kappa shape index (κ3) is 7.56. The van der Waals surface area contributed by atoms with E-state index in [1.54, 1.807) is 16.7 Å². The minimum absolute atomic E-state index is 0.527. The van der Waals surface area contributed by atoms with Crippen molar-refractivity contribution in [3.63, 3.8) is 0 Å². The van der Waals surface area contributed by atoms with Crippen LogP contribution in [0.4, 0.5) is 0 Å². The van der Waals surface area contributed by atoms with Crippen LogP contribution >= 0.6 is 0 Å². The standard InChI is InChI=1S/C43H58/c1-7-12-35(13-8-2)36-20-23-43(24-21-36)25-22-41(30-43)33(6)40-17-11-15-37-14-10-16-38(42(37)29-40)18-19-39-27-31(4)26-34(9-3)28-32(39)5/h7-8,11-13,15,26-29,31,36,38,41H,1,6,9-10,14,16-25,30H2,2-5H3. The Morgan fingerprint density at radius 1 is 1.05 bits per heavy atom. The maximum absolute atomic E-state index is 4.82. The summed E-state index contributed by atoms with van der Waals surface area (Å²) in [7, 11) is 0. The van der Waals surface area contributed by atoms with E-state index < -0.39 is 0 Å². The van der Waals surface area contributed by atoms with Gasteiger partial charge in [0.25, 0.3) is 0 Å². The molecule has 2 fully saturated rings. The zero-order chi connectivity index (χ0) is 30.4. The molecule has 0 bridgehead atoms. The van der Waals surface area contributed by atoms with Gasteiger partial charge in [-0.2, -0.15) is 0 Å². The predicted molar refractivity (Wildman–Crippen MR) is 189 cm³/mol. The van der Waals surface area contributed by atoms with Crippen LogP contribution in [0.1, 0.15) is 118 Å². The molecule has 5 rings (SSSR count). The van der Waals surface area contributed by atoms with Crippen LogP contribution in [-0.2, 0) is 0 Å². The highest BCUT2D eigenvalue weighted by molar-refractivity contribution is 5.48. The molecule has 0 aromatic heterocycles. The zero-order valence-corrected chi connectivity index (χ0v) is 27.9. The highest BCUT2D eigenvalue weighted by atomic mass is 14.5. The fourth-order valence-corrected chi connectivity index (χ4v) is 9.11. The van der Waals surface area contributed by atoms with Crippen molar-refractivity contribution >= 4 is 0 Å². The lowest BCUT2D eigenvalue weighted by atomic mass is 9.67. The van der Waals surface area contributed by atoms with Crippen LogP contribution in [0.5, 0.6) is 0 Å². The van der Waals surface area contributed by atoms with Crippen LogP contribution in [0, 0.1) is 29.1 Å². The van der Waals surface area contributed by atoms with Gasteiger partial charge in [0.05, 0.1) is 0 Å². The molecule has 0 amide bonds. The van der Waals surface area contributed by atoms with Gasteiger partial charge in [-0.25, -0.2) is 0 Å². The van der Waals surface area contributed by atoms with Gasteiger partial charge in [-0.05, 0) is 172 Å². The summed E-state index contributed by atoms with van der Waals surface area (Å²) in [4.78, 5) is 0. The number of hydrogen-bond donors (Lipinski definition) is 0. The number of allylic oxidation sites excluding steroid dienone is 18. The highest BCUT2D eigenvalue weighted by Gasteiger charge is 2.43. The molecule has 0 nitrogen and oxygen atoms in total. The minimum atomic E-state index is 0.527. The topological polar surface area (TPSA) is 0 Å². The van der Waals surface area contributed by atoms with Gasteiger partial charge in [-0.1, -0.05) is 93.3 Å². The molecule has 0 saturated heterocycles. The fraction of sp³-hybridized carbons (Fsp3) is 0.535. The van der Waals surface area contributed by atoms with E-state index in [2.05, 4.69) is 89.0 Å². The first kappa shape index (κ1) is 31.8. The smallest absolute Gasteiger partial charge is 0.00701 e. The zero-order valence-electron chi connectivity index (χ0n) is 27.9. The molecule has 0 radical (unpaired) electrons. The largest absolute Gasteiger partial charge is 0.0991 e. The second-order valence-corrected chi connectivity index (χ2v) is 14.5. The first-order valence-electron chi connectivity index (χ1n) is 17.7. The molecular formula is C43H58. The Morgan fingerprint density at radius 3 is 2.53 bits per heavy atom. The van der Waals surface area contributed by atoms with E-state index in [-0.39, 0.29) is 0 Å². The minimum Gasteiger partial charge on any atom is -0.0991 e. The summed E-state index contributed by atoms with van der Waals surface area (Å²) in [5.41, 5.74) is 12.8. The van der Waals surface area contributed by atoms with Gasteiger partial charge >= 0.3 is 0 Å². The second kappa shape index (κ2) is 14.5. The Labute approximate surface area is 264 Å². The van der Waals surface area contributed by atoms with E-state index in [4.69, 9.17) is 6.58 Å². The average molecular weight is 575 g/mol. The molecule has 5 aliphatic rings. The molecule has 0 heterocycles. The first-order chi connectivity index (χ1) is 20.8. The molecular weight excluding hydrogens is 516 g/mol. The summed E-state index contributed by atoms with van der Waals surface area (Å²) >= 11 is 0. The summed E-state index contributed by atoms with van der Waals surface area (Å²) in [5.74, 6) is 2.55. The molecule has 1 spiro atoms. The van der Waals surface area contributed by atoms with E-state index in [1.165, 1.54) is 105 Å². The normalized spacial score (nSPS) is 31.7. The highest BCUT2D eigenvalue weighted by Crippen LogP contribution is 2.55. The third-order valence-electron chi connectivity index (χ3n) is 11.6. The van der Waals surface area contributed by atoms with Gasteiger partial charge in [-0.3, -0.25) is 0 Å². The summed E-state index contributed by atoms with van der Waals surface area (Å²) in [6.07, 6.45) is 41.7. The molecule has 230 valence electrons. The summed E-state index contributed by atoms with van der Waals surface area (Å²) in [6, 6.07) is 0. The van der Waals surface area contributed by atoms with E-state index >= 15 is 0 Å². The van der Waals surface area contributed by atoms with Gasteiger partial charge in [0.15, 0.2) is 0 Å². The van der Waals surface area contributed by atoms with Crippen molar-refractivity contribution < 1.29 is 0 Å². The Balaban J connectivity index is 1.25. The van der Waals surface area contributed by atoms with Crippen molar-refractivity contribution in [1.82, 2.24) is 0 Å². The van der Waals surface area contributed by atoms with Crippen molar-refractivity contribution in [2.45, 2.75) is 118 Å². The van der Waals surface area contributed by atoms with Crippen molar-refractivity contribution in [2.24, 2.45) is 29.1 Å². The van der Waals surface area contributed by atoms with Crippen LogP contribution in [-0.4, -0.2) is 0 Å². The number of rotatable bonds is 9. The third-order valence-corrected chi connectivity index (χ3v) is 11.6. The molecule has 3 unspecified atom stereocenters. The Bertz CT molecular complexity index is 1300. The predicted octanol–water partition coefficient (Wildman–Crippen LogP) is 12.8. The Kier molecular flexibility index (Phi) is 10.7. The van der Waals surface area contributed by atoms with Crippen LogP contribution in [0.15, 0.2) is 119 Å². The van der Waals surface area contributed by atoms with Gasteiger partial charge in [-0.15, -0.1) is 0 Å². The molecule has 0 aromatic rings. The van der Waals surface area contributed by atoms with E-state index in [0.29, 0.717) is 29.1 Å². The maximum Gasteiger partial charge on any atom is -0.00701 e. The van der Waals surface area contributed by atoms with Crippen LogP contribution in [0.3, 0.4) is 0 Å². The van der Waals surface area contributed by atoms with Crippen molar-refractivity contribution in [2.75, 3.05) is 0 Å². The van der Waals surface area contributed by atoms with E-state index in [9.17, 15) is 0 Å². The van der Waals surface area contributed by atoms with Crippen LogP contribution in [0.25, 0.3) is 0 Å². The quantitative estimate of drug-likeness (QED) is 0.240. The van der Waals surface area contributed by atoms with Gasteiger partial charge < -0.3 is 0 Å². The lowest BCUT2D eigenvalue weighted by Gasteiger charge is -2.38. The average Bonchev–Trinajstić information content (AvgIpc) is 3.19. The van der Waals surface area contributed by atoms with Crippen molar-refractivity contribution in [3.8, 4) is 0 Å². The Hall–Kier alpha value is -2.60. The molecule has 43 heavy (non-hydrogen) atoms. The van der Waals surface area contributed by atoms with Gasteiger partial charge in [0, 0.05) is 0 Å². The van der Waals surface area contributed by atoms with Crippen LogP contribution in [0.2, 0.25) is 0 Å². The Morgan fingerprint density at radius 2 is 1.81 bits per heavy atom. The lowest BCUT2D eigenvalue weighted by molar-refractivity contribution is 0.165. The van der Waals surface area contributed by atoms with Crippen LogP contribution < -0.4 is 0 Å². The first-order valence-corrected chi connectivity index (χ1v) is 17.7. The van der Waals surface area contributed by atoms with Crippen molar-refractivity contribution in [3.05, 3.63) is 119 Å². The molecule has 2 saturated carbocycles. The summed E-state index contributed by atoms with van der Waals surface area (Å²) in [5, 5.41) is 0. The van der Waals surface area contributed by atoms with Crippen molar-refractivity contribution in [1.29, 1.82) is 0 Å². The maximum atomic E-state index is 4.82. The monoisotopic (exact) mass is 574 g/mol. The van der Waals surface area contributed by atoms with Gasteiger partial charge in [0.2, 0.25) is 0 Å². The fourth-order valence-electron chi connectivity index (χ4n) is 9.11. The van der Waals surface area contributed by atoms with Gasteiger partial charge in [0.1, 0.15) is 0 Å². The number of hydrogen-bond acceptors (Lipinski definition) is 0. The summed E-state index contributed by atoms with van der Waals surface area (Å²) < 4.78 is 0.